The van der Waals surface area contributed by atoms with Crippen LogP contribution in [0.4, 0.5) is 0 Å². The van der Waals surface area contributed by atoms with Crippen LogP contribution in [0.25, 0.3) is 0 Å². The molecule has 0 fully saturated rings. The summed E-state index contributed by atoms with van der Waals surface area (Å²) in [5.74, 6) is -1.73. The zero-order chi connectivity index (χ0) is 49.3. The molecule has 3 aromatic rings. The minimum Gasteiger partial charge on any atom is -0.396 e. The number of aliphatic hydroxyl groups excluding tert-OH is 2. The number of hydrogen-bond donors (Lipinski definition) is 11. The molecule has 19 heteroatoms. The van der Waals surface area contributed by atoms with E-state index in [4.69, 9.17) is 44.6 Å². The predicted molar refractivity (Wildman–Crippen MR) is 253 cm³/mol. The van der Waals surface area contributed by atoms with E-state index in [0.717, 1.165) is 0 Å². The first-order chi connectivity index (χ1) is 31.7. The van der Waals surface area contributed by atoms with Crippen LogP contribution >= 0.6 is 0 Å². The highest BCUT2D eigenvalue weighted by atomic mass is 16.3. The fraction of sp³-hybridized carbons (Fsp3) is 0.447. The van der Waals surface area contributed by atoms with Crippen molar-refractivity contribution in [3.05, 3.63) is 105 Å². The van der Waals surface area contributed by atoms with Crippen molar-refractivity contribution in [3.63, 3.8) is 0 Å². The van der Waals surface area contributed by atoms with Crippen LogP contribution in [0, 0.1) is 0 Å². The number of nitrogens with two attached hydrogens (primary N) is 6. The van der Waals surface area contributed by atoms with Crippen molar-refractivity contribution in [3.8, 4) is 0 Å². The maximum absolute atomic E-state index is 12.2. The molecule has 0 heterocycles. The zero-order valence-corrected chi connectivity index (χ0v) is 37.7. The molecule has 0 unspecified atom stereocenters. The third-order valence-electron chi connectivity index (χ3n) is 9.38. The van der Waals surface area contributed by atoms with Crippen molar-refractivity contribution in [1.29, 1.82) is 0 Å². The summed E-state index contributed by atoms with van der Waals surface area (Å²) in [6.45, 7) is 2.89. The topological polar surface area (TPSA) is 369 Å². The molecule has 0 atom stereocenters. The van der Waals surface area contributed by atoms with E-state index in [-0.39, 0.29) is 108 Å². The van der Waals surface area contributed by atoms with E-state index in [0.29, 0.717) is 113 Å². The van der Waals surface area contributed by atoms with Crippen molar-refractivity contribution < 1.29 is 48.6 Å². The Morgan fingerprint density at radius 2 is 0.636 bits per heavy atom. The molecule has 0 aliphatic heterocycles. The van der Waals surface area contributed by atoms with Crippen LogP contribution in [-0.4, -0.2) is 129 Å². The molecule has 3 aromatic carbocycles. The van der Waals surface area contributed by atoms with E-state index in [2.05, 4.69) is 16.0 Å². The van der Waals surface area contributed by atoms with Crippen LogP contribution in [-0.2, 0) is 0 Å². The van der Waals surface area contributed by atoms with Crippen LogP contribution in [0.3, 0.4) is 0 Å². The van der Waals surface area contributed by atoms with Gasteiger partial charge in [0, 0.05) is 116 Å². The maximum atomic E-state index is 12.2. The number of aliphatic hydroxyl groups is 2. The molecule has 0 bridgehead atoms. The fourth-order valence-electron chi connectivity index (χ4n) is 5.85. The van der Waals surface area contributed by atoms with Crippen LogP contribution in [0.1, 0.15) is 147 Å². The Morgan fingerprint density at radius 3 is 0.970 bits per heavy atom. The molecule has 0 saturated heterocycles. The molecular weight excluding hydrogens is 851 g/mol. The fourth-order valence-corrected chi connectivity index (χ4v) is 5.85. The van der Waals surface area contributed by atoms with E-state index in [1.54, 1.807) is 24.3 Å². The molecule has 0 aliphatic carbocycles. The number of hydrogen-bond acceptors (Lipinski definition) is 16. The van der Waals surface area contributed by atoms with Crippen molar-refractivity contribution >= 4 is 46.6 Å². The van der Waals surface area contributed by atoms with Crippen molar-refractivity contribution in [2.45, 2.75) is 64.2 Å². The number of carbonyl (C=O) groups is 8. The second kappa shape index (κ2) is 34.4. The van der Waals surface area contributed by atoms with Crippen LogP contribution in [0.2, 0.25) is 0 Å². The summed E-state index contributed by atoms with van der Waals surface area (Å²) >= 11 is 0. The van der Waals surface area contributed by atoms with Gasteiger partial charge in [-0.25, -0.2) is 0 Å². The first-order valence-electron chi connectivity index (χ1n) is 22.1. The van der Waals surface area contributed by atoms with E-state index in [9.17, 15) is 38.4 Å². The third kappa shape index (κ3) is 22.3. The molecule has 17 N–H and O–H groups in total. The van der Waals surface area contributed by atoms with Gasteiger partial charge in [0.1, 0.15) is 0 Å². The lowest BCUT2D eigenvalue weighted by Crippen LogP contribution is -2.29. The summed E-state index contributed by atoms with van der Waals surface area (Å²) in [5.41, 5.74) is 35.0. The Morgan fingerprint density at radius 1 is 0.348 bits per heavy atom. The molecular formula is C47H69N9O10. The van der Waals surface area contributed by atoms with Gasteiger partial charge in [0.05, 0.1) is 6.61 Å². The molecule has 0 radical (unpaired) electrons. The first kappa shape index (κ1) is 58.1. The van der Waals surface area contributed by atoms with Crippen LogP contribution in [0.15, 0.2) is 60.7 Å². The van der Waals surface area contributed by atoms with Crippen molar-refractivity contribution in [1.82, 2.24) is 16.0 Å². The summed E-state index contributed by atoms with van der Waals surface area (Å²) in [5, 5.41) is 25.4. The standard InChI is InChI=1S/C17H26N4O3.C17H24N2O5.C13H19N3O2/c18-5-1-3-15(22)12-9-13(16(23)4-2-6-19)11-14(10-12)17(24)21-8-7-20;18-5-1-3-15(22)12-9-13(16(23)4-2-7-20)11-14(10-12)17(24)19-6-8-21;14-6-2-5-12(17)10-3-1-4-11(9-10)13(18)16-8-7-15/h9-11H,1-8,18-20H2,(H,21,24);9-11,20-21H,1-8,18H2,(H,19,24);1,3-4,9H,2,5-8,14-15H2,(H,16,18). The van der Waals surface area contributed by atoms with E-state index >= 15 is 0 Å². The van der Waals surface area contributed by atoms with Gasteiger partial charge in [-0.1, -0.05) is 12.1 Å². The number of Topliss-reactive ketones (excluding diaryl/α,β-unsaturated/α-hetero) is 5. The number of carbonyl (C=O) groups excluding carboxylic acids is 8. The molecule has 0 aliphatic rings. The van der Waals surface area contributed by atoms with E-state index < -0.39 is 5.91 Å². The summed E-state index contributed by atoms with van der Waals surface area (Å²) < 4.78 is 0. The zero-order valence-electron chi connectivity index (χ0n) is 37.7. The summed E-state index contributed by atoms with van der Waals surface area (Å²) in [4.78, 5) is 96.6. The lowest BCUT2D eigenvalue weighted by Gasteiger charge is -2.09. The average molecular weight is 920 g/mol. The second-order valence-electron chi connectivity index (χ2n) is 14.8. The molecule has 3 rings (SSSR count). The highest BCUT2D eigenvalue weighted by Gasteiger charge is 2.18. The summed E-state index contributed by atoms with van der Waals surface area (Å²) in [6.07, 6.45) is 3.94. The number of amides is 3. The third-order valence-corrected chi connectivity index (χ3v) is 9.38. The molecule has 0 aromatic heterocycles. The summed E-state index contributed by atoms with van der Waals surface area (Å²) in [6, 6.07) is 15.6. The highest BCUT2D eigenvalue weighted by Crippen LogP contribution is 2.18. The second-order valence-corrected chi connectivity index (χ2v) is 14.8. The number of rotatable bonds is 29. The van der Waals surface area contributed by atoms with Crippen LogP contribution < -0.4 is 50.4 Å². The molecule has 0 spiro atoms. The molecule has 66 heavy (non-hydrogen) atoms. The van der Waals surface area contributed by atoms with Gasteiger partial charge in [-0.3, -0.25) is 38.4 Å². The van der Waals surface area contributed by atoms with Gasteiger partial charge in [-0.15, -0.1) is 0 Å². The predicted octanol–water partition coefficient (Wildman–Crippen LogP) is 0.801. The normalized spacial score (nSPS) is 10.4. The average Bonchev–Trinajstić information content (AvgIpc) is 3.34. The lowest BCUT2D eigenvalue weighted by atomic mass is 9.96. The Balaban J connectivity index is 0.000000501. The van der Waals surface area contributed by atoms with Gasteiger partial charge in [-0.2, -0.15) is 0 Å². The first-order valence-corrected chi connectivity index (χ1v) is 22.1. The number of benzene rings is 3. The van der Waals surface area contributed by atoms with Crippen molar-refractivity contribution in [2.75, 3.05) is 72.1 Å². The smallest absolute Gasteiger partial charge is 0.251 e. The molecule has 19 nitrogen and oxygen atoms in total. The largest absolute Gasteiger partial charge is 0.396 e. The monoisotopic (exact) mass is 920 g/mol. The number of nitrogens with one attached hydrogen (secondary N) is 3. The highest BCUT2D eigenvalue weighted by molar-refractivity contribution is 6.07. The Hall–Kier alpha value is -5.90. The van der Waals surface area contributed by atoms with E-state index in [1.807, 2.05) is 0 Å². The van der Waals surface area contributed by atoms with Gasteiger partial charge < -0.3 is 60.6 Å². The maximum Gasteiger partial charge on any atom is 0.251 e. The van der Waals surface area contributed by atoms with E-state index in [1.165, 1.54) is 36.4 Å². The summed E-state index contributed by atoms with van der Waals surface area (Å²) in [7, 11) is 0. The van der Waals surface area contributed by atoms with Gasteiger partial charge in [0.15, 0.2) is 28.9 Å². The van der Waals surface area contributed by atoms with Crippen molar-refractivity contribution in [2.24, 2.45) is 34.4 Å². The van der Waals surface area contributed by atoms with Gasteiger partial charge in [-0.05, 0) is 107 Å². The molecule has 0 saturated carbocycles. The Labute approximate surface area is 386 Å². The number of ketones is 5. The Bertz CT molecular complexity index is 1720. The Kier molecular flexibility index (Phi) is 30.3. The van der Waals surface area contributed by atoms with Gasteiger partial charge >= 0.3 is 0 Å². The van der Waals surface area contributed by atoms with Gasteiger partial charge in [0.25, 0.3) is 17.7 Å². The molecule has 3 amide bonds. The molecule has 362 valence electrons. The quantitative estimate of drug-likeness (QED) is 0.0429. The van der Waals surface area contributed by atoms with Gasteiger partial charge in [0.2, 0.25) is 0 Å². The minimum absolute atomic E-state index is 0.00826. The SMILES string of the molecule is NCCCC(=O)c1cc(C(=O)CCCN)cc(C(=O)NCCN)c1.NCCCC(=O)c1cc(C(=O)CCCO)cc(C(=O)NCCO)c1.NCCCC(=O)c1cccc(C(=O)NCCN)c1. The minimum atomic E-state index is -0.464. The lowest BCUT2D eigenvalue weighted by molar-refractivity contribution is 0.0936. The van der Waals surface area contributed by atoms with Crippen LogP contribution in [0.5, 0.6) is 0 Å².